The van der Waals surface area contributed by atoms with E-state index in [4.69, 9.17) is 11.6 Å². The fourth-order valence-corrected chi connectivity index (χ4v) is 2.12. The van der Waals surface area contributed by atoms with Gasteiger partial charge in [0.2, 0.25) is 0 Å². The van der Waals surface area contributed by atoms with E-state index in [0.29, 0.717) is 16.8 Å². The molecule has 1 amide bonds. The molecule has 0 radical (unpaired) electrons. The Labute approximate surface area is 99.4 Å². The van der Waals surface area contributed by atoms with E-state index in [-0.39, 0.29) is 11.9 Å². The third-order valence-corrected chi connectivity index (χ3v) is 3.08. The molecule has 1 aromatic rings. The number of hydrogen-bond donors (Lipinski definition) is 1. The first-order valence-electron chi connectivity index (χ1n) is 5.43. The number of hydrogen-bond acceptors (Lipinski definition) is 3. The lowest BCUT2D eigenvalue weighted by molar-refractivity contribution is 0.0932. The highest BCUT2D eigenvalue weighted by Crippen LogP contribution is 2.24. The summed E-state index contributed by atoms with van der Waals surface area (Å²) >= 11 is 5.60. The summed E-state index contributed by atoms with van der Waals surface area (Å²) < 4.78 is 0. The minimum absolute atomic E-state index is 0.164. The van der Waals surface area contributed by atoms with Crippen LogP contribution in [0, 0.1) is 5.92 Å². The average molecular weight is 240 g/mol. The van der Waals surface area contributed by atoms with Crippen LogP contribution in [0.5, 0.6) is 0 Å². The first kappa shape index (κ1) is 11.3. The molecule has 4 nitrogen and oxygen atoms in total. The van der Waals surface area contributed by atoms with E-state index >= 15 is 0 Å². The van der Waals surface area contributed by atoms with Crippen molar-refractivity contribution < 1.29 is 4.79 Å². The van der Waals surface area contributed by atoms with E-state index in [9.17, 15) is 4.79 Å². The number of nitrogens with zero attached hydrogens (tertiary/aromatic N) is 2. The Morgan fingerprint density at radius 1 is 1.44 bits per heavy atom. The molecule has 2 unspecified atom stereocenters. The maximum Gasteiger partial charge on any atom is 0.271 e. The molecule has 2 rings (SSSR count). The number of amides is 1. The lowest BCUT2D eigenvalue weighted by Gasteiger charge is -2.11. The van der Waals surface area contributed by atoms with Gasteiger partial charge in [0.1, 0.15) is 10.8 Å². The van der Waals surface area contributed by atoms with Crippen molar-refractivity contribution >= 4 is 17.5 Å². The van der Waals surface area contributed by atoms with Crippen molar-refractivity contribution in [3.8, 4) is 0 Å². The SMILES string of the molecule is CC1CCC(NC(=O)c2cnc(Cl)cn2)C1. The molecule has 0 saturated heterocycles. The van der Waals surface area contributed by atoms with E-state index < -0.39 is 0 Å². The van der Waals surface area contributed by atoms with Gasteiger partial charge < -0.3 is 5.32 Å². The Kier molecular flexibility index (Phi) is 3.39. The minimum atomic E-state index is -0.164. The summed E-state index contributed by atoms with van der Waals surface area (Å²) in [6, 6.07) is 0.278. The van der Waals surface area contributed by atoms with Crippen LogP contribution in [0.3, 0.4) is 0 Å². The van der Waals surface area contributed by atoms with Crippen molar-refractivity contribution in [2.45, 2.75) is 32.2 Å². The third kappa shape index (κ3) is 2.70. The Balaban J connectivity index is 1.95. The topological polar surface area (TPSA) is 54.9 Å². The Morgan fingerprint density at radius 3 is 2.81 bits per heavy atom. The number of nitrogens with one attached hydrogen (secondary N) is 1. The molecule has 1 fully saturated rings. The van der Waals surface area contributed by atoms with Gasteiger partial charge in [-0.25, -0.2) is 9.97 Å². The number of halogens is 1. The minimum Gasteiger partial charge on any atom is -0.348 e. The summed E-state index contributed by atoms with van der Waals surface area (Å²) in [5.74, 6) is 0.532. The van der Waals surface area contributed by atoms with Gasteiger partial charge in [-0.05, 0) is 25.2 Å². The van der Waals surface area contributed by atoms with Crippen LogP contribution in [-0.4, -0.2) is 21.9 Å². The van der Waals surface area contributed by atoms with Gasteiger partial charge in [0.15, 0.2) is 0 Å². The van der Waals surface area contributed by atoms with E-state index in [0.717, 1.165) is 12.8 Å². The number of aromatic nitrogens is 2. The average Bonchev–Trinajstić information content (AvgIpc) is 2.65. The highest BCUT2D eigenvalue weighted by Gasteiger charge is 2.23. The van der Waals surface area contributed by atoms with Crippen LogP contribution >= 0.6 is 11.6 Å². The molecule has 0 bridgehead atoms. The highest BCUT2D eigenvalue weighted by molar-refractivity contribution is 6.29. The molecule has 86 valence electrons. The molecule has 1 saturated carbocycles. The Morgan fingerprint density at radius 2 is 2.25 bits per heavy atom. The predicted molar refractivity (Wildman–Crippen MR) is 61.3 cm³/mol. The molecule has 0 aromatic carbocycles. The molecule has 1 aliphatic rings. The highest BCUT2D eigenvalue weighted by atomic mass is 35.5. The van der Waals surface area contributed by atoms with Gasteiger partial charge >= 0.3 is 0 Å². The second-order valence-corrected chi connectivity index (χ2v) is 4.70. The molecule has 1 aromatic heterocycles. The standard InChI is InChI=1S/C11H14ClN3O/c1-7-2-3-8(4-7)15-11(16)9-5-14-10(12)6-13-9/h5-8H,2-4H2,1H3,(H,15,16). The van der Waals surface area contributed by atoms with Gasteiger partial charge in [-0.1, -0.05) is 18.5 Å². The summed E-state index contributed by atoms with van der Waals surface area (Å²) in [5, 5.41) is 3.26. The van der Waals surface area contributed by atoms with Crippen LogP contribution in [0.4, 0.5) is 0 Å². The van der Waals surface area contributed by atoms with Gasteiger partial charge in [0.25, 0.3) is 5.91 Å². The van der Waals surface area contributed by atoms with Crippen molar-refractivity contribution in [2.24, 2.45) is 5.92 Å². The number of carbonyl (C=O) groups excluding carboxylic acids is 1. The Hall–Kier alpha value is -1.16. The van der Waals surface area contributed by atoms with Crippen LogP contribution in [0.1, 0.15) is 36.7 Å². The third-order valence-electron chi connectivity index (χ3n) is 2.88. The lowest BCUT2D eigenvalue weighted by Crippen LogP contribution is -2.33. The van der Waals surface area contributed by atoms with E-state index in [2.05, 4.69) is 22.2 Å². The molecular formula is C11H14ClN3O. The van der Waals surface area contributed by atoms with E-state index in [1.54, 1.807) is 0 Å². The van der Waals surface area contributed by atoms with Crippen molar-refractivity contribution in [1.29, 1.82) is 0 Å². The summed E-state index contributed by atoms with van der Waals surface area (Å²) in [4.78, 5) is 19.5. The monoisotopic (exact) mass is 239 g/mol. The normalized spacial score (nSPS) is 24.4. The van der Waals surface area contributed by atoms with E-state index in [1.807, 2.05) is 0 Å². The van der Waals surface area contributed by atoms with Crippen molar-refractivity contribution in [2.75, 3.05) is 0 Å². The molecule has 0 spiro atoms. The first-order chi connectivity index (χ1) is 7.65. The largest absolute Gasteiger partial charge is 0.348 e. The van der Waals surface area contributed by atoms with Crippen LogP contribution in [0.2, 0.25) is 5.15 Å². The maximum absolute atomic E-state index is 11.8. The zero-order valence-electron chi connectivity index (χ0n) is 9.11. The second kappa shape index (κ2) is 4.78. The molecule has 1 N–H and O–H groups in total. The van der Waals surface area contributed by atoms with E-state index in [1.165, 1.54) is 18.8 Å². The smallest absolute Gasteiger partial charge is 0.271 e. The number of rotatable bonds is 2. The van der Waals surface area contributed by atoms with Gasteiger partial charge in [-0.3, -0.25) is 4.79 Å². The molecule has 1 aliphatic carbocycles. The van der Waals surface area contributed by atoms with Gasteiger partial charge in [-0.15, -0.1) is 0 Å². The van der Waals surface area contributed by atoms with Crippen molar-refractivity contribution in [3.05, 3.63) is 23.2 Å². The quantitative estimate of drug-likeness (QED) is 0.860. The molecule has 2 atom stereocenters. The predicted octanol–water partition coefficient (Wildman–Crippen LogP) is 2.05. The second-order valence-electron chi connectivity index (χ2n) is 4.31. The van der Waals surface area contributed by atoms with Crippen LogP contribution in [0.15, 0.2) is 12.4 Å². The van der Waals surface area contributed by atoms with Gasteiger partial charge in [-0.2, -0.15) is 0 Å². The molecular weight excluding hydrogens is 226 g/mol. The molecule has 0 aliphatic heterocycles. The fourth-order valence-electron chi connectivity index (χ4n) is 2.03. The Bertz CT molecular complexity index is 379. The summed E-state index contributed by atoms with van der Waals surface area (Å²) in [6.45, 7) is 2.20. The summed E-state index contributed by atoms with van der Waals surface area (Å²) in [5.41, 5.74) is 0.323. The fraction of sp³-hybridized carbons (Fsp3) is 0.545. The van der Waals surface area contributed by atoms with Crippen molar-refractivity contribution in [3.63, 3.8) is 0 Å². The lowest BCUT2D eigenvalue weighted by atomic mass is 10.1. The van der Waals surface area contributed by atoms with Crippen LogP contribution < -0.4 is 5.32 Å². The van der Waals surface area contributed by atoms with Crippen LogP contribution in [0.25, 0.3) is 0 Å². The number of carbonyl (C=O) groups is 1. The summed E-state index contributed by atoms with van der Waals surface area (Å²) in [6.07, 6.45) is 6.06. The van der Waals surface area contributed by atoms with Gasteiger partial charge in [0.05, 0.1) is 12.4 Å². The first-order valence-corrected chi connectivity index (χ1v) is 5.81. The molecule has 1 heterocycles. The van der Waals surface area contributed by atoms with Gasteiger partial charge in [0, 0.05) is 6.04 Å². The zero-order chi connectivity index (χ0) is 11.5. The van der Waals surface area contributed by atoms with Crippen molar-refractivity contribution in [1.82, 2.24) is 15.3 Å². The maximum atomic E-state index is 11.8. The zero-order valence-corrected chi connectivity index (χ0v) is 9.87. The molecule has 16 heavy (non-hydrogen) atoms. The molecule has 5 heteroatoms. The summed E-state index contributed by atoms with van der Waals surface area (Å²) in [7, 11) is 0. The van der Waals surface area contributed by atoms with Crippen LogP contribution in [-0.2, 0) is 0 Å².